The molecule has 5 N–H and O–H groups in total. The van der Waals surface area contributed by atoms with E-state index >= 15 is 0 Å². The Bertz CT molecular complexity index is 952. The van der Waals surface area contributed by atoms with Crippen LogP contribution >= 0.6 is 0 Å². The summed E-state index contributed by atoms with van der Waals surface area (Å²) in [4.78, 5) is 20.3. The lowest BCUT2D eigenvalue weighted by atomic mass is 9.83. The van der Waals surface area contributed by atoms with Gasteiger partial charge in [-0.15, -0.1) is 0 Å². The Labute approximate surface area is 191 Å². The Morgan fingerprint density at radius 3 is 2.81 bits per heavy atom. The van der Waals surface area contributed by atoms with Crippen LogP contribution in [0.25, 0.3) is 0 Å². The average Bonchev–Trinajstić information content (AvgIpc) is 3.04. The molecule has 2 saturated heterocycles. The molecule has 4 rings (SSSR count). The number of rotatable bonds is 4. The number of aryl methyl sites for hydroxylation is 1. The number of aliphatic imine (C=N–C) groups is 1. The molecule has 0 bridgehead atoms. The maximum atomic E-state index is 13.3. The van der Waals surface area contributed by atoms with Gasteiger partial charge in [0.2, 0.25) is 0 Å². The predicted octanol–water partition coefficient (Wildman–Crippen LogP) is 2.09. The molecule has 174 valence electrons. The minimum Gasteiger partial charge on any atom is -0.388 e. The van der Waals surface area contributed by atoms with E-state index in [4.69, 9.17) is 10.7 Å². The third-order valence-corrected chi connectivity index (χ3v) is 7.46. The molecule has 0 aromatic heterocycles. The molecule has 4 atom stereocenters. The summed E-state index contributed by atoms with van der Waals surface area (Å²) in [6, 6.07) is 5.39. The van der Waals surface area contributed by atoms with Crippen molar-refractivity contribution in [3.8, 4) is 0 Å². The van der Waals surface area contributed by atoms with E-state index < -0.39 is 17.7 Å². The molecule has 1 aromatic rings. The number of nitrogens with one attached hydrogen (secondary N) is 2. The van der Waals surface area contributed by atoms with Gasteiger partial charge in [-0.25, -0.2) is 0 Å². The topological polar surface area (TPSA) is 103 Å². The van der Waals surface area contributed by atoms with Crippen LogP contribution in [0.4, 0.5) is 0 Å². The number of amides is 1. The molecule has 0 radical (unpaired) electrons. The number of allylic oxidation sites excluding steroid dienone is 1. The smallest absolute Gasteiger partial charge is 0.251 e. The first-order valence-corrected chi connectivity index (χ1v) is 11.9. The van der Waals surface area contributed by atoms with E-state index in [1.165, 1.54) is 12.0 Å². The lowest BCUT2D eigenvalue weighted by Crippen LogP contribution is -2.65. The second-order valence-corrected chi connectivity index (χ2v) is 9.73. The summed E-state index contributed by atoms with van der Waals surface area (Å²) >= 11 is 0. The molecule has 0 spiro atoms. The Hall–Kier alpha value is -2.54. The highest BCUT2D eigenvalue weighted by molar-refractivity contribution is 5.96. The van der Waals surface area contributed by atoms with Crippen molar-refractivity contribution >= 4 is 11.7 Å². The fourth-order valence-electron chi connectivity index (χ4n) is 5.54. The van der Waals surface area contributed by atoms with E-state index in [1.54, 1.807) is 0 Å². The summed E-state index contributed by atoms with van der Waals surface area (Å²) in [5.74, 6) is 1.48. The molecule has 1 amide bonds. The van der Waals surface area contributed by atoms with Gasteiger partial charge >= 0.3 is 0 Å². The van der Waals surface area contributed by atoms with Gasteiger partial charge in [-0.3, -0.25) is 9.79 Å². The lowest BCUT2D eigenvalue weighted by molar-refractivity contribution is 0.0137. The molecule has 0 saturated carbocycles. The number of benzene rings is 1. The van der Waals surface area contributed by atoms with E-state index in [9.17, 15) is 9.90 Å². The zero-order chi connectivity index (χ0) is 23.0. The van der Waals surface area contributed by atoms with Crippen LogP contribution in [0.1, 0.15) is 68.4 Å². The van der Waals surface area contributed by atoms with Gasteiger partial charge in [-0.2, -0.15) is 0 Å². The minimum atomic E-state index is -0.777. The summed E-state index contributed by atoms with van der Waals surface area (Å²) in [6.45, 7) is 9.24. The monoisotopic (exact) mass is 439 g/mol. The molecular weight excluding hydrogens is 402 g/mol. The van der Waals surface area contributed by atoms with Crippen LogP contribution < -0.4 is 16.4 Å². The van der Waals surface area contributed by atoms with E-state index in [0.29, 0.717) is 25.3 Å². The van der Waals surface area contributed by atoms with Crippen LogP contribution in [0.15, 0.2) is 34.6 Å². The minimum absolute atomic E-state index is 0.101. The molecule has 3 aliphatic rings. The summed E-state index contributed by atoms with van der Waals surface area (Å²) < 4.78 is 0. The summed E-state index contributed by atoms with van der Waals surface area (Å²) in [5, 5.41) is 18.2. The van der Waals surface area contributed by atoms with Crippen molar-refractivity contribution in [3.05, 3.63) is 46.3 Å². The molecule has 1 aromatic carbocycles. The van der Waals surface area contributed by atoms with Gasteiger partial charge in [-0.05, 0) is 69.2 Å². The molecular formula is C25H37N5O2. The van der Waals surface area contributed by atoms with Gasteiger partial charge in [0.15, 0.2) is 0 Å². The highest BCUT2D eigenvalue weighted by atomic mass is 16.3. The first-order valence-electron chi connectivity index (χ1n) is 11.9. The Balaban J connectivity index is 1.63. The van der Waals surface area contributed by atoms with Crippen LogP contribution in [-0.2, 0) is 12.8 Å². The van der Waals surface area contributed by atoms with Crippen LogP contribution in [-0.4, -0.2) is 58.6 Å². The number of hydrogen-bond acceptors (Lipinski definition) is 5. The number of aliphatic hydroxyl groups is 1. The van der Waals surface area contributed by atoms with Gasteiger partial charge in [0.1, 0.15) is 11.9 Å². The number of carbonyl (C=O) groups excluding carboxylic acids is 1. The van der Waals surface area contributed by atoms with E-state index in [-0.39, 0.29) is 11.9 Å². The van der Waals surface area contributed by atoms with Crippen LogP contribution in [0, 0.1) is 0 Å². The number of hydrogen-bond donors (Lipinski definition) is 4. The van der Waals surface area contributed by atoms with Crippen LogP contribution in [0.5, 0.6) is 0 Å². The second kappa shape index (κ2) is 8.77. The molecule has 2 aliphatic heterocycles. The molecule has 1 aliphatic carbocycles. The lowest BCUT2D eigenvalue weighted by Gasteiger charge is -2.48. The normalized spacial score (nSPS) is 29.8. The fourth-order valence-corrected chi connectivity index (χ4v) is 5.54. The van der Waals surface area contributed by atoms with Crippen LogP contribution in [0.3, 0.4) is 0 Å². The van der Waals surface area contributed by atoms with Crippen molar-refractivity contribution in [1.29, 1.82) is 0 Å². The Morgan fingerprint density at radius 1 is 1.34 bits per heavy atom. The zero-order valence-electron chi connectivity index (χ0n) is 19.7. The van der Waals surface area contributed by atoms with Crippen molar-refractivity contribution in [2.75, 3.05) is 13.1 Å². The number of amidine groups is 1. The third-order valence-electron chi connectivity index (χ3n) is 7.46. The molecule has 7 nitrogen and oxygen atoms in total. The van der Waals surface area contributed by atoms with Gasteiger partial charge in [-0.1, -0.05) is 19.1 Å². The average molecular weight is 440 g/mol. The number of fused-ring (bicyclic) bond motifs is 2. The van der Waals surface area contributed by atoms with Crippen molar-refractivity contribution < 1.29 is 9.90 Å². The quantitative estimate of drug-likeness (QED) is 0.425. The summed E-state index contributed by atoms with van der Waals surface area (Å²) in [7, 11) is 0. The fraction of sp³-hybridized carbons (Fsp3) is 0.600. The standard InChI is InChI=1S/C25H37N5O2/c1-5-21(26)29-20-13-27-23(15(2)3)30-14-19(22(31)25(20,30)4)28-24(32)18-12-8-10-16-9-6-7-11-17(16)18/h8,10,12,19-20,22,27,31H,5-7,9,11,13-14H2,1-4H3,(H2,26,29)(H,28,32)/t19-,20?,22-,25?/m1/s1. The molecule has 2 unspecified atom stereocenters. The highest BCUT2D eigenvalue weighted by Gasteiger charge is 2.58. The largest absolute Gasteiger partial charge is 0.388 e. The zero-order valence-corrected chi connectivity index (χ0v) is 19.7. The SMILES string of the molecule is CCC(N)=NC1CNC(=C(C)C)N2C[C@@H](NC(=O)c3cccc4c3CCCC4)[C@@H](O)C12C. The van der Waals surface area contributed by atoms with Gasteiger partial charge < -0.3 is 26.4 Å². The maximum Gasteiger partial charge on any atom is 0.251 e. The molecule has 32 heavy (non-hydrogen) atoms. The van der Waals surface area contributed by atoms with Gasteiger partial charge in [0.05, 0.1) is 23.5 Å². The number of nitrogens with zero attached hydrogens (tertiary/aromatic N) is 2. The number of nitrogens with two attached hydrogens (primary N) is 1. The molecule has 2 fully saturated rings. The highest BCUT2D eigenvalue weighted by Crippen LogP contribution is 2.40. The summed E-state index contributed by atoms with van der Waals surface area (Å²) in [5.41, 5.74) is 9.75. The number of carbonyl (C=O) groups is 1. The van der Waals surface area contributed by atoms with E-state index in [2.05, 4.69) is 35.4 Å². The number of aliphatic hydroxyl groups excluding tert-OH is 1. The van der Waals surface area contributed by atoms with E-state index in [1.807, 2.05) is 26.0 Å². The first kappa shape index (κ1) is 22.6. The predicted molar refractivity (Wildman–Crippen MR) is 128 cm³/mol. The third kappa shape index (κ3) is 3.76. The Morgan fingerprint density at radius 2 is 2.09 bits per heavy atom. The van der Waals surface area contributed by atoms with Crippen molar-refractivity contribution in [3.63, 3.8) is 0 Å². The molecule has 2 heterocycles. The first-order chi connectivity index (χ1) is 15.3. The van der Waals surface area contributed by atoms with E-state index in [0.717, 1.165) is 41.8 Å². The van der Waals surface area contributed by atoms with Crippen LogP contribution in [0.2, 0.25) is 0 Å². The Kier molecular flexibility index (Phi) is 6.21. The van der Waals surface area contributed by atoms with Crippen molar-refractivity contribution in [1.82, 2.24) is 15.5 Å². The van der Waals surface area contributed by atoms with Crippen molar-refractivity contribution in [2.45, 2.75) is 83.5 Å². The summed E-state index contributed by atoms with van der Waals surface area (Å²) in [6.07, 6.45) is 4.15. The second-order valence-electron chi connectivity index (χ2n) is 9.73. The van der Waals surface area contributed by atoms with Crippen molar-refractivity contribution in [2.24, 2.45) is 10.7 Å². The van der Waals surface area contributed by atoms with Gasteiger partial charge in [0, 0.05) is 25.1 Å². The van der Waals surface area contributed by atoms with Gasteiger partial charge in [0.25, 0.3) is 5.91 Å². The maximum absolute atomic E-state index is 13.3. The molecule has 7 heteroatoms.